The quantitative estimate of drug-likeness (QED) is 0.821. The number of thioether (sulfide) groups is 1. The molecule has 1 unspecified atom stereocenters. The highest BCUT2D eigenvalue weighted by Crippen LogP contribution is 2.24. The summed E-state index contributed by atoms with van der Waals surface area (Å²) < 4.78 is 35.7. The summed E-state index contributed by atoms with van der Waals surface area (Å²) in [5, 5.41) is 3.10. The SMILES string of the molecule is CC(CNCC(F)(F)F)Sc1ccc(Cl)cc1. The second-order valence-electron chi connectivity index (χ2n) is 3.63. The van der Waals surface area contributed by atoms with Crippen molar-refractivity contribution in [1.82, 2.24) is 5.32 Å². The standard InChI is InChI=1S/C11H13ClF3NS/c1-8(6-16-7-11(13,14)15)17-10-4-2-9(12)3-5-10/h2-5,8,16H,6-7H2,1H3. The third-order valence-electron chi connectivity index (χ3n) is 1.91. The maximum atomic E-state index is 11.9. The molecule has 0 bridgehead atoms. The lowest BCUT2D eigenvalue weighted by atomic mass is 10.4. The predicted octanol–water partition coefficient (Wildman–Crippen LogP) is 3.97. The van der Waals surface area contributed by atoms with Gasteiger partial charge in [-0.1, -0.05) is 18.5 Å². The normalized spacial score (nSPS) is 13.7. The zero-order valence-corrected chi connectivity index (χ0v) is 10.8. The topological polar surface area (TPSA) is 12.0 Å². The van der Waals surface area contributed by atoms with Gasteiger partial charge in [-0.25, -0.2) is 0 Å². The van der Waals surface area contributed by atoms with Gasteiger partial charge >= 0.3 is 6.18 Å². The van der Waals surface area contributed by atoms with E-state index in [4.69, 9.17) is 11.6 Å². The smallest absolute Gasteiger partial charge is 0.308 e. The molecule has 0 heterocycles. The van der Waals surface area contributed by atoms with Crippen LogP contribution in [0, 0.1) is 0 Å². The minimum Gasteiger partial charge on any atom is -0.308 e. The van der Waals surface area contributed by atoms with E-state index < -0.39 is 12.7 Å². The Morgan fingerprint density at radius 1 is 1.29 bits per heavy atom. The molecule has 1 aromatic rings. The third-order valence-corrected chi connectivity index (χ3v) is 3.27. The van der Waals surface area contributed by atoms with E-state index in [2.05, 4.69) is 5.32 Å². The van der Waals surface area contributed by atoms with Crippen LogP contribution in [0.1, 0.15) is 6.92 Å². The maximum Gasteiger partial charge on any atom is 0.401 e. The minimum atomic E-state index is -4.15. The van der Waals surface area contributed by atoms with Gasteiger partial charge in [-0.3, -0.25) is 0 Å². The van der Waals surface area contributed by atoms with Crippen molar-refractivity contribution in [1.29, 1.82) is 0 Å². The van der Waals surface area contributed by atoms with E-state index in [1.54, 1.807) is 12.1 Å². The Bertz CT molecular complexity index is 340. The summed E-state index contributed by atoms with van der Waals surface area (Å²) in [5.41, 5.74) is 0. The Kier molecular flexibility index (Phi) is 5.62. The van der Waals surface area contributed by atoms with E-state index in [0.29, 0.717) is 11.6 Å². The van der Waals surface area contributed by atoms with Gasteiger partial charge in [0.05, 0.1) is 6.54 Å². The average Bonchev–Trinajstić information content (AvgIpc) is 2.19. The lowest BCUT2D eigenvalue weighted by molar-refractivity contribution is -0.124. The van der Waals surface area contributed by atoms with Crippen molar-refractivity contribution in [2.24, 2.45) is 0 Å². The van der Waals surface area contributed by atoms with Gasteiger partial charge < -0.3 is 5.32 Å². The van der Waals surface area contributed by atoms with Gasteiger partial charge in [0.25, 0.3) is 0 Å². The fourth-order valence-electron chi connectivity index (χ4n) is 1.20. The molecule has 0 amide bonds. The molecule has 0 fully saturated rings. The predicted molar refractivity (Wildman–Crippen MR) is 65.7 cm³/mol. The second-order valence-corrected chi connectivity index (χ2v) is 5.58. The molecular weight excluding hydrogens is 271 g/mol. The Morgan fingerprint density at radius 2 is 1.88 bits per heavy atom. The fraction of sp³-hybridized carbons (Fsp3) is 0.455. The van der Waals surface area contributed by atoms with Crippen LogP contribution in [0.5, 0.6) is 0 Å². The van der Waals surface area contributed by atoms with Crippen LogP contribution in [-0.2, 0) is 0 Å². The molecular formula is C11H13ClF3NS. The van der Waals surface area contributed by atoms with Gasteiger partial charge in [-0.15, -0.1) is 11.8 Å². The lowest BCUT2D eigenvalue weighted by Crippen LogP contribution is -2.32. The molecule has 0 aromatic heterocycles. The summed E-state index contributed by atoms with van der Waals surface area (Å²) in [7, 11) is 0. The van der Waals surface area contributed by atoms with Crippen LogP contribution in [0.25, 0.3) is 0 Å². The molecule has 0 spiro atoms. The van der Waals surface area contributed by atoms with Crippen LogP contribution in [0.4, 0.5) is 13.2 Å². The van der Waals surface area contributed by atoms with Crippen molar-refractivity contribution in [3.05, 3.63) is 29.3 Å². The van der Waals surface area contributed by atoms with E-state index in [1.165, 1.54) is 11.8 Å². The van der Waals surface area contributed by atoms with Crippen LogP contribution in [-0.4, -0.2) is 24.5 Å². The molecule has 0 aliphatic carbocycles. The maximum absolute atomic E-state index is 11.9. The first kappa shape index (κ1) is 14.7. The summed E-state index contributed by atoms with van der Waals surface area (Å²) in [5.74, 6) is 0. The monoisotopic (exact) mass is 283 g/mol. The molecule has 1 rings (SSSR count). The highest BCUT2D eigenvalue weighted by molar-refractivity contribution is 8.00. The number of rotatable bonds is 5. The number of nitrogens with one attached hydrogen (secondary N) is 1. The van der Waals surface area contributed by atoms with Crippen molar-refractivity contribution < 1.29 is 13.2 Å². The number of hydrogen-bond donors (Lipinski definition) is 1. The third kappa shape index (κ3) is 6.81. The Morgan fingerprint density at radius 3 is 2.41 bits per heavy atom. The first-order valence-corrected chi connectivity index (χ1v) is 6.32. The van der Waals surface area contributed by atoms with Crippen LogP contribution in [0.2, 0.25) is 5.02 Å². The van der Waals surface area contributed by atoms with Gasteiger partial charge in [0.15, 0.2) is 0 Å². The minimum absolute atomic E-state index is 0.0681. The summed E-state index contributed by atoms with van der Waals surface area (Å²) in [4.78, 5) is 0.996. The number of halogens is 4. The highest BCUT2D eigenvalue weighted by Gasteiger charge is 2.26. The molecule has 1 N–H and O–H groups in total. The van der Waals surface area contributed by atoms with Crippen LogP contribution in [0.15, 0.2) is 29.2 Å². The van der Waals surface area contributed by atoms with Gasteiger partial charge in [0, 0.05) is 21.7 Å². The molecule has 17 heavy (non-hydrogen) atoms. The number of alkyl halides is 3. The second kappa shape index (κ2) is 6.52. The Labute approximate surface area is 108 Å². The Balaban J connectivity index is 2.30. The van der Waals surface area contributed by atoms with E-state index in [0.717, 1.165) is 4.90 Å². The van der Waals surface area contributed by atoms with Crippen LogP contribution >= 0.6 is 23.4 Å². The molecule has 0 aliphatic heterocycles. The van der Waals surface area contributed by atoms with Gasteiger partial charge in [-0.05, 0) is 24.3 Å². The zero-order chi connectivity index (χ0) is 12.9. The first-order valence-electron chi connectivity index (χ1n) is 5.06. The van der Waals surface area contributed by atoms with Crippen molar-refractivity contribution in [3.63, 3.8) is 0 Å². The number of hydrogen-bond acceptors (Lipinski definition) is 2. The van der Waals surface area contributed by atoms with Crippen molar-refractivity contribution >= 4 is 23.4 Å². The lowest BCUT2D eigenvalue weighted by Gasteiger charge is -2.13. The van der Waals surface area contributed by atoms with Gasteiger partial charge in [-0.2, -0.15) is 13.2 Å². The largest absolute Gasteiger partial charge is 0.401 e. The Hall–Kier alpha value is -0.390. The molecule has 96 valence electrons. The molecule has 1 aromatic carbocycles. The fourth-order valence-corrected chi connectivity index (χ4v) is 2.29. The van der Waals surface area contributed by atoms with E-state index in [-0.39, 0.29) is 5.25 Å². The molecule has 1 atom stereocenters. The number of benzene rings is 1. The molecule has 0 saturated carbocycles. The van der Waals surface area contributed by atoms with E-state index in [1.807, 2.05) is 19.1 Å². The molecule has 0 saturated heterocycles. The zero-order valence-electron chi connectivity index (χ0n) is 9.22. The summed E-state index contributed by atoms with van der Waals surface area (Å²) in [6.45, 7) is 1.24. The highest BCUT2D eigenvalue weighted by atomic mass is 35.5. The van der Waals surface area contributed by atoms with Crippen LogP contribution in [0.3, 0.4) is 0 Å². The van der Waals surface area contributed by atoms with Gasteiger partial charge in [0.2, 0.25) is 0 Å². The summed E-state index contributed by atoms with van der Waals surface area (Å²) in [6, 6.07) is 7.24. The molecule has 1 nitrogen and oxygen atoms in total. The summed E-state index contributed by atoms with van der Waals surface area (Å²) in [6.07, 6.45) is -4.15. The van der Waals surface area contributed by atoms with Gasteiger partial charge in [0.1, 0.15) is 0 Å². The van der Waals surface area contributed by atoms with E-state index in [9.17, 15) is 13.2 Å². The molecule has 0 radical (unpaired) electrons. The van der Waals surface area contributed by atoms with Crippen LogP contribution < -0.4 is 5.32 Å². The average molecular weight is 284 g/mol. The summed E-state index contributed by atoms with van der Waals surface area (Å²) >= 11 is 7.25. The molecule has 6 heteroatoms. The van der Waals surface area contributed by atoms with Crippen molar-refractivity contribution in [2.75, 3.05) is 13.1 Å². The van der Waals surface area contributed by atoms with Crippen molar-refractivity contribution in [2.45, 2.75) is 23.2 Å². The molecule has 0 aliphatic rings. The van der Waals surface area contributed by atoms with E-state index >= 15 is 0 Å². The first-order chi connectivity index (χ1) is 7.87. The van der Waals surface area contributed by atoms with Crippen molar-refractivity contribution in [3.8, 4) is 0 Å².